The number of carbonyl (C=O) groups is 1. The molecule has 0 unspecified atom stereocenters. The predicted molar refractivity (Wildman–Crippen MR) is 117 cm³/mol. The second-order valence-corrected chi connectivity index (χ2v) is 8.01. The van der Waals surface area contributed by atoms with E-state index in [1.807, 2.05) is 0 Å². The molecule has 0 spiro atoms. The summed E-state index contributed by atoms with van der Waals surface area (Å²) >= 11 is 0. The minimum absolute atomic E-state index is 0.0151. The number of nitrogens with zero attached hydrogens (tertiary/aromatic N) is 4. The Kier molecular flexibility index (Phi) is 8.15. The SMILES string of the molecule is NC(=O)CNC1CCC(CNc2nc(NCc3cnccc3C(F)(F)F)ncc2[N+](=O)[O-])CC1. The van der Waals surface area contributed by atoms with Crippen molar-refractivity contribution in [2.24, 2.45) is 11.7 Å². The first-order valence-electron chi connectivity index (χ1n) is 10.6. The Balaban J connectivity index is 1.61. The number of hydrogen-bond donors (Lipinski definition) is 4. The normalized spacial score (nSPS) is 18.3. The van der Waals surface area contributed by atoms with Gasteiger partial charge in [0.15, 0.2) is 0 Å². The third-order valence-corrected chi connectivity index (χ3v) is 5.58. The zero-order valence-corrected chi connectivity index (χ0v) is 18.1. The minimum Gasteiger partial charge on any atom is -0.369 e. The van der Waals surface area contributed by atoms with E-state index in [1.165, 1.54) is 0 Å². The fourth-order valence-electron chi connectivity index (χ4n) is 3.80. The van der Waals surface area contributed by atoms with Crippen LogP contribution in [0.4, 0.5) is 30.6 Å². The highest BCUT2D eigenvalue weighted by molar-refractivity contribution is 5.75. The maximum Gasteiger partial charge on any atom is 0.416 e. The molecular weight excluding hydrogens is 457 g/mol. The number of carbonyl (C=O) groups excluding carboxylic acids is 1. The van der Waals surface area contributed by atoms with Gasteiger partial charge >= 0.3 is 11.9 Å². The number of nitro groups is 1. The third kappa shape index (κ3) is 6.97. The Morgan fingerprint density at radius 3 is 2.59 bits per heavy atom. The maximum absolute atomic E-state index is 13.2. The highest BCUT2D eigenvalue weighted by atomic mass is 19.4. The second-order valence-electron chi connectivity index (χ2n) is 8.01. The number of aromatic nitrogens is 3. The zero-order valence-electron chi connectivity index (χ0n) is 18.1. The zero-order chi connectivity index (χ0) is 24.7. The molecule has 1 amide bonds. The molecule has 0 aromatic carbocycles. The van der Waals surface area contributed by atoms with Gasteiger partial charge in [0.2, 0.25) is 17.7 Å². The van der Waals surface area contributed by atoms with Crippen LogP contribution >= 0.6 is 0 Å². The number of primary amides is 1. The first kappa shape index (κ1) is 25.1. The van der Waals surface area contributed by atoms with Crippen molar-refractivity contribution < 1.29 is 22.9 Å². The van der Waals surface area contributed by atoms with Crippen molar-refractivity contribution in [1.82, 2.24) is 20.3 Å². The van der Waals surface area contributed by atoms with E-state index in [4.69, 9.17) is 5.73 Å². The fourth-order valence-corrected chi connectivity index (χ4v) is 3.80. The number of halogens is 3. The molecule has 34 heavy (non-hydrogen) atoms. The van der Waals surface area contributed by atoms with E-state index in [9.17, 15) is 28.1 Å². The van der Waals surface area contributed by atoms with Gasteiger partial charge in [0.05, 0.1) is 17.0 Å². The van der Waals surface area contributed by atoms with E-state index in [0.717, 1.165) is 50.3 Å². The number of pyridine rings is 1. The van der Waals surface area contributed by atoms with E-state index >= 15 is 0 Å². The lowest BCUT2D eigenvalue weighted by Crippen LogP contribution is -2.39. The van der Waals surface area contributed by atoms with Gasteiger partial charge in [-0.15, -0.1) is 0 Å². The number of anilines is 2. The van der Waals surface area contributed by atoms with Crippen molar-refractivity contribution in [1.29, 1.82) is 0 Å². The third-order valence-electron chi connectivity index (χ3n) is 5.58. The summed E-state index contributed by atoms with van der Waals surface area (Å²) in [5.74, 6) is -0.243. The Labute approximate surface area is 192 Å². The van der Waals surface area contributed by atoms with Crippen molar-refractivity contribution in [3.63, 3.8) is 0 Å². The Bertz CT molecular complexity index is 1010. The fraction of sp³-hybridized carbons (Fsp3) is 0.500. The van der Waals surface area contributed by atoms with Crippen LogP contribution in [0.15, 0.2) is 24.7 Å². The molecule has 0 radical (unpaired) electrons. The molecular formula is C20H25F3N8O3. The number of alkyl halides is 3. The lowest BCUT2D eigenvalue weighted by atomic mass is 9.86. The first-order valence-corrected chi connectivity index (χ1v) is 10.6. The van der Waals surface area contributed by atoms with E-state index in [2.05, 4.69) is 30.9 Å². The van der Waals surface area contributed by atoms with Crippen LogP contribution in [0, 0.1) is 16.0 Å². The van der Waals surface area contributed by atoms with Crippen LogP contribution in [0.3, 0.4) is 0 Å². The molecule has 2 heterocycles. The average Bonchev–Trinajstić information content (AvgIpc) is 2.80. The summed E-state index contributed by atoms with van der Waals surface area (Å²) in [6.45, 7) is 0.295. The summed E-state index contributed by atoms with van der Waals surface area (Å²) in [4.78, 5) is 33.3. The lowest BCUT2D eigenvalue weighted by Gasteiger charge is -2.29. The molecule has 2 aromatic rings. The predicted octanol–water partition coefficient (Wildman–Crippen LogP) is 2.46. The largest absolute Gasteiger partial charge is 0.416 e. The lowest BCUT2D eigenvalue weighted by molar-refractivity contribution is -0.384. The van der Waals surface area contributed by atoms with Gasteiger partial charge in [0.1, 0.15) is 6.20 Å². The van der Waals surface area contributed by atoms with Crippen molar-refractivity contribution in [3.8, 4) is 0 Å². The smallest absolute Gasteiger partial charge is 0.369 e. The van der Waals surface area contributed by atoms with Crippen LogP contribution in [-0.4, -0.2) is 44.9 Å². The minimum atomic E-state index is -4.54. The van der Waals surface area contributed by atoms with Crippen molar-refractivity contribution >= 4 is 23.4 Å². The van der Waals surface area contributed by atoms with Crippen LogP contribution in [0.25, 0.3) is 0 Å². The molecule has 1 saturated carbocycles. The molecule has 0 aliphatic heterocycles. The molecule has 184 valence electrons. The van der Waals surface area contributed by atoms with Crippen LogP contribution in [-0.2, 0) is 17.5 Å². The van der Waals surface area contributed by atoms with Crippen LogP contribution in [0.2, 0.25) is 0 Å². The molecule has 3 rings (SSSR count). The van der Waals surface area contributed by atoms with E-state index < -0.39 is 22.6 Å². The maximum atomic E-state index is 13.2. The van der Waals surface area contributed by atoms with Gasteiger partial charge < -0.3 is 21.7 Å². The topological polar surface area (TPSA) is 161 Å². The van der Waals surface area contributed by atoms with Crippen LogP contribution in [0.1, 0.15) is 36.8 Å². The summed E-state index contributed by atoms with van der Waals surface area (Å²) < 4.78 is 39.5. The number of amides is 1. The second kappa shape index (κ2) is 11.0. The number of rotatable bonds is 10. The van der Waals surface area contributed by atoms with Crippen molar-refractivity contribution in [2.75, 3.05) is 23.7 Å². The summed E-state index contributed by atoms with van der Waals surface area (Å²) in [5, 5.41) is 20.1. The summed E-state index contributed by atoms with van der Waals surface area (Å²) in [5.41, 5.74) is 3.87. The Hall–Kier alpha value is -3.55. The molecule has 5 N–H and O–H groups in total. The molecule has 0 saturated heterocycles. The molecule has 11 nitrogen and oxygen atoms in total. The molecule has 2 aromatic heterocycles. The molecule has 1 aliphatic carbocycles. The molecule has 0 atom stereocenters. The van der Waals surface area contributed by atoms with Crippen LogP contribution < -0.4 is 21.7 Å². The van der Waals surface area contributed by atoms with Gasteiger partial charge in [0.25, 0.3) is 0 Å². The average molecular weight is 482 g/mol. The van der Waals surface area contributed by atoms with Gasteiger partial charge in [-0.3, -0.25) is 19.9 Å². The van der Waals surface area contributed by atoms with Crippen molar-refractivity contribution in [3.05, 3.63) is 45.9 Å². The molecule has 1 fully saturated rings. The van der Waals surface area contributed by atoms with Gasteiger partial charge in [-0.25, -0.2) is 4.98 Å². The number of hydrogen-bond acceptors (Lipinski definition) is 9. The summed E-state index contributed by atoms with van der Waals surface area (Å²) in [6.07, 6.45) is 1.97. The number of nitrogens with two attached hydrogens (primary N) is 1. The van der Waals surface area contributed by atoms with Crippen LogP contribution in [0.5, 0.6) is 0 Å². The van der Waals surface area contributed by atoms with Gasteiger partial charge in [-0.1, -0.05) is 0 Å². The van der Waals surface area contributed by atoms with E-state index in [1.54, 1.807) is 0 Å². The highest BCUT2D eigenvalue weighted by Crippen LogP contribution is 2.32. The van der Waals surface area contributed by atoms with Gasteiger partial charge in [-0.05, 0) is 37.7 Å². The van der Waals surface area contributed by atoms with E-state index in [0.29, 0.717) is 6.54 Å². The Morgan fingerprint density at radius 2 is 1.94 bits per heavy atom. The first-order chi connectivity index (χ1) is 16.1. The number of nitrogens with one attached hydrogen (secondary N) is 3. The van der Waals surface area contributed by atoms with Gasteiger partial charge in [0, 0.05) is 37.1 Å². The monoisotopic (exact) mass is 482 g/mol. The highest BCUT2D eigenvalue weighted by Gasteiger charge is 2.33. The van der Waals surface area contributed by atoms with Crippen molar-refractivity contribution in [2.45, 2.75) is 44.4 Å². The summed E-state index contributed by atoms with van der Waals surface area (Å²) in [7, 11) is 0. The molecule has 0 bridgehead atoms. The van der Waals surface area contributed by atoms with Gasteiger partial charge in [-0.2, -0.15) is 18.2 Å². The quantitative estimate of drug-likeness (QED) is 0.294. The van der Waals surface area contributed by atoms with E-state index in [-0.39, 0.29) is 48.1 Å². The molecule has 14 heteroatoms. The standard InChI is InChI=1S/C20H25F3N8O3/c21-20(22,23)15-5-6-25-8-13(15)9-28-19-29-10-16(31(33)34)18(30-19)27-7-12-1-3-14(4-2-12)26-11-17(24)32/h5-6,8,10,12,14,26H,1-4,7,9,11H2,(H2,24,32)(H2,27,28,29,30). The Morgan fingerprint density at radius 1 is 1.21 bits per heavy atom. The summed E-state index contributed by atoms with van der Waals surface area (Å²) in [6, 6.07) is 1.07. The molecule has 1 aliphatic rings.